The third-order valence-corrected chi connectivity index (χ3v) is 5.09. The van der Waals surface area contributed by atoms with Crippen molar-refractivity contribution >= 4 is 23.0 Å². The minimum Gasteiger partial charge on any atom is -0.427 e. The van der Waals surface area contributed by atoms with E-state index in [9.17, 15) is 4.79 Å². The molecule has 1 aliphatic heterocycles. The molecule has 0 aromatic heterocycles. The number of carbonyl (C=O) groups is 1. The fraction of sp³-hybridized carbons (Fsp3) is 0.588. The summed E-state index contributed by atoms with van der Waals surface area (Å²) in [5, 5.41) is 0. The van der Waals surface area contributed by atoms with Gasteiger partial charge in [0.15, 0.2) is 0 Å². The number of fused-ring (bicyclic) bond motifs is 2. The molecule has 1 saturated heterocycles. The molecule has 2 aliphatic rings. The molecule has 0 N–H and O–H groups in total. The van der Waals surface area contributed by atoms with Crippen LogP contribution in [0.2, 0.25) is 0 Å². The summed E-state index contributed by atoms with van der Waals surface area (Å²) in [5.74, 6) is 0.440. The number of likely N-dealkylation sites (tertiary alicyclic amines) is 1. The highest BCUT2D eigenvalue weighted by molar-refractivity contribution is 8.93. The van der Waals surface area contributed by atoms with Crippen LogP contribution in [0.4, 0.5) is 0 Å². The van der Waals surface area contributed by atoms with E-state index in [2.05, 4.69) is 24.1 Å². The van der Waals surface area contributed by atoms with E-state index in [0.717, 1.165) is 6.04 Å². The Morgan fingerprint density at radius 1 is 1.38 bits per heavy atom. The zero-order valence-electron chi connectivity index (χ0n) is 12.8. The highest BCUT2D eigenvalue weighted by Gasteiger charge is 2.42. The lowest BCUT2D eigenvalue weighted by atomic mass is 9.63. The van der Waals surface area contributed by atoms with Crippen molar-refractivity contribution in [1.82, 2.24) is 4.90 Å². The standard InChI is InChI=1S/C17H23NO2.BrH/c1-13(19)20-16-7-3-5-14(11-16)17-8-4-6-15(12-17)18(2)10-9-17;/h3,5,7,11,15H,4,6,8-10,12H2,1-2H3;1H. The molecule has 2 fully saturated rings. The van der Waals surface area contributed by atoms with Gasteiger partial charge in [-0.15, -0.1) is 17.0 Å². The predicted molar refractivity (Wildman–Crippen MR) is 89.3 cm³/mol. The van der Waals surface area contributed by atoms with E-state index in [4.69, 9.17) is 4.74 Å². The quantitative estimate of drug-likeness (QED) is 0.599. The highest BCUT2D eigenvalue weighted by Crippen LogP contribution is 2.47. The summed E-state index contributed by atoms with van der Waals surface area (Å²) < 4.78 is 5.25. The van der Waals surface area contributed by atoms with Crippen LogP contribution in [0, 0.1) is 0 Å². The van der Waals surface area contributed by atoms with Gasteiger partial charge in [-0.2, -0.15) is 0 Å². The zero-order chi connectivity index (χ0) is 14.2. The van der Waals surface area contributed by atoms with Crippen molar-refractivity contribution < 1.29 is 9.53 Å². The Hall–Kier alpha value is -0.870. The van der Waals surface area contributed by atoms with E-state index in [-0.39, 0.29) is 23.0 Å². The number of piperidine rings is 1. The normalized spacial score (nSPS) is 28.6. The van der Waals surface area contributed by atoms with Gasteiger partial charge < -0.3 is 9.64 Å². The SMILES string of the molecule is Br.CC(=O)Oc1cccc(C23CCCC(C2)N(C)CC3)c1. The van der Waals surface area contributed by atoms with E-state index in [0.29, 0.717) is 11.2 Å². The first kappa shape index (κ1) is 16.5. The number of carbonyl (C=O) groups excluding carboxylic acids is 1. The number of halogens is 1. The number of ether oxygens (including phenoxy) is 1. The lowest BCUT2D eigenvalue weighted by Crippen LogP contribution is -2.50. The number of benzene rings is 1. The molecule has 2 bridgehead atoms. The first-order valence-electron chi connectivity index (χ1n) is 7.58. The van der Waals surface area contributed by atoms with Crippen molar-refractivity contribution in [2.45, 2.75) is 50.5 Å². The van der Waals surface area contributed by atoms with Crippen molar-refractivity contribution in [2.75, 3.05) is 13.6 Å². The maximum Gasteiger partial charge on any atom is 0.308 e. The van der Waals surface area contributed by atoms with E-state index in [1.165, 1.54) is 51.1 Å². The summed E-state index contributed by atoms with van der Waals surface area (Å²) in [6.45, 7) is 2.62. The summed E-state index contributed by atoms with van der Waals surface area (Å²) in [7, 11) is 2.25. The number of rotatable bonds is 2. The van der Waals surface area contributed by atoms with E-state index >= 15 is 0 Å². The van der Waals surface area contributed by atoms with Crippen LogP contribution in [-0.2, 0) is 10.2 Å². The maximum absolute atomic E-state index is 11.1. The predicted octanol–water partition coefficient (Wildman–Crippen LogP) is 3.71. The van der Waals surface area contributed by atoms with Crippen LogP contribution in [0.15, 0.2) is 24.3 Å². The summed E-state index contributed by atoms with van der Waals surface area (Å²) in [6, 6.07) is 8.89. The lowest BCUT2D eigenvalue weighted by Gasteiger charge is -2.50. The maximum atomic E-state index is 11.1. The molecule has 0 spiro atoms. The molecule has 0 radical (unpaired) electrons. The Morgan fingerprint density at radius 2 is 2.19 bits per heavy atom. The van der Waals surface area contributed by atoms with Crippen LogP contribution in [0.1, 0.15) is 44.6 Å². The molecule has 1 aromatic carbocycles. The van der Waals surface area contributed by atoms with Gasteiger partial charge in [-0.3, -0.25) is 4.79 Å². The summed E-state index contributed by atoms with van der Waals surface area (Å²) in [5.41, 5.74) is 1.65. The molecule has 3 rings (SSSR count). The Morgan fingerprint density at radius 3 is 2.95 bits per heavy atom. The monoisotopic (exact) mass is 353 g/mol. The number of hydrogen-bond donors (Lipinski definition) is 0. The molecule has 4 heteroatoms. The molecule has 1 aromatic rings. The number of esters is 1. The van der Waals surface area contributed by atoms with Gasteiger partial charge in [0.25, 0.3) is 0 Å². The minimum absolute atomic E-state index is 0. The van der Waals surface area contributed by atoms with E-state index in [1.54, 1.807) is 0 Å². The Labute approximate surface area is 137 Å². The molecule has 3 nitrogen and oxygen atoms in total. The van der Waals surface area contributed by atoms with Gasteiger partial charge in [0.1, 0.15) is 5.75 Å². The van der Waals surface area contributed by atoms with Crippen molar-refractivity contribution in [3.8, 4) is 5.75 Å². The molecule has 116 valence electrons. The van der Waals surface area contributed by atoms with Crippen LogP contribution in [-0.4, -0.2) is 30.5 Å². The van der Waals surface area contributed by atoms with Crippen LogP contribution in [0.25, 0.3) is 0 Å². The van der Waals surface area contributed by atoms with Crippen molar-refractivity contribution in [2.24, 2.45) is 0 Å². The molecule has 21 heavy (non-hydrogen) atoms. The Balaban J connectivity index is 0.00000161. The first-order valence-corrected chi connectivity index (χ1v) is 7.58. The lowest BCUT2D eigenvalue weighted by molar-refractivity contribution is -0.131. The number of hydrogen-bond acceptors (Lipinski definition) is 3. The van der Waals surface area contributed by atoms with Crippen molar-refractivity contribution in [3.05, 3.63) is 29.8 Å². The molecule has 1 saturated carbocycles. The zero-order valence-corrected chi connectivity index (χ0v) is 14.5. The van der Waals surface area contributed by atoms with E-state index < -0.39 is 0 Å². The van der Waals surface area contributed by atoms with Gasteiger partial charge in [-0.1, -0.05) is 18.6 Å². The molecule has 2 unspecified atom stereocenters. The molecule has 1 heterocycles. The molecular weight excluding hydrogens is 330 g/mol. The second kappa shape index (κ2) is 6.49. The topological polar surface area (TPSA) is 29.5 Å². The average Bonchev–Trinajstić information content (AvgIpc) is 2.43. The second-order valence-corrected chi connectivity index (χ2v) is 6.38. The molecular formula is C17H24BrNO2. The third-order valence-electron chi connectivity index (χ3n) is 5.09. The largest absolute Gasteiger partial charge is 0.427 e. The molecule has 2 atom stereocenters. The van der Waals surface area contributed by atoms with Gasteiger partial charge in [0.05, 0.1) is 0 Å². The summed E-state index contributed by atoms with van der Waals surface area (Å²) in [4.78, 5) is 13.6. The number of nitrogens with zero attached hydrogens (tertiary/aromatic N) is 1. The van der Waals surface area contributed by atoms with Crippen LogP contribution < -0.4 is 4.74 Å². The summed E-state index contributed by atoms with van der Waals surface area (Å²) in [6.07, 6.45) is 6.34. The van der Waals surface area contributed by atoms with Gasteiger partial charge in [-0.25, -0.2) is 0 Å². The van der Waals surface area contributed by atoms with Crippen LogP contribution in [0.5, 0.6) is 5.75 Å². The van der Waals surface area contributed by atoms with Crippen molar-refractivity contribution in [1.29, 1.82) is 0 Å². The Kier molecular flexibility index (Phi) is 5.10. The molecule has 0 amide bonds. The Bertz CT molecular complexity index is 519. The van der Waals surface area contributed by atoms with Gasteiger partial charge in [0.2, 0.25) is 0 Å². The minimum atomic E-state index is -0.246. The van der Waals surface area contributed by atoms with E-state index in [1.807, 2.05) is 12.1 Å². The smallest absolute Gasteiger partial charge is 0.308 e. The van der Waals surface area contributed by atoms with Crippen LogP contribution in [0.3, 0.4) is 0 Å². The fourth-order valence-corrected chi connectivity index (χ4v) is 3.97. The fourth-order valence-electron chi connectivity index (χ4n) is 3.97. The van der Waals surface area contributed by atoms with Crippen molar-refractivity contribution in [3.63, 3.8) is 0 Å². The average molecular weight is 354 g/mol. The molecule has 1 aliphatic carbocycles. The van der Waals surface area contributed by atoms with Crippen LogP contribution >= 0.6 is 17.0 Å². The van der Waals surface area contributed by atoms with Gasteiger partial charge in [0, 0.05) is 13.0 Å². The van der Waals surface area contributed by atoms with Gasteiger partial charge in [-0.05, 0) is 62.4 Å². The third kappa shape index (κ3) is 3.32. The first-order chi connectivity index (χ1) is 9.59. The summed E-state index contributed by atoms with van der Waals surface area (Å²) >= 11 is 0. The highest BCUT2D eigenvalue weighted by atomic mass is 79.9. The second-order valence-electron chi connectivity index (χ2n) is 6.38. The van der Waals surface area contributed by atoms with Gasteiger partial charge >= 0.3 is 5.97 Å².